The Bertz CT molecular complexity index is 837. The molecule has 0 aromatic heterocycles. The molecule has 2 fully saturated rings. The summed E-state index contributed by atoms with van der Waals surface area (Å²) < 4.78 is 0. The lowest BCUT2D eigenvalue weighted by molar-refractivity contribution is -0.128. The number of anilines is 1. The molecule has 1 aromatic carbocycles. The third-order valence-corrected chi connectivity index (χ3v) is 6.80. The van der Waals surface area contributed by atoms with Gasteiger partial charge in [-0.25, -0.2) is 4.99 Å². The average Bonchev–Trinajstić information content (AvgIpc) is 3.50. The van der Waals surface area contributed by atoms with Crippen LogP contribution in [0.5, 0.6) is 0 Å². The summed E-state index contributed by atoms with van der Waals surface area (Å²) in [5, 5.41) is 3.66. The van der Waals surface area contributed by atoms with Gasteiger partial charge in [-0.2, -0.15) is 0 Å². The Morgan fingerprint density at radius 3 is 2.62 bits per heavy atom. The number of fused-ring (bicyclic) bond motifs is 1. The van der Waals surface area contributed by atoms with E-state index in [0.29, 0.717) is 18.4 Å². The molecule has 2 amide bonds. The minimum atomic E-state index is 0. The normalized spacial score (nSPS) is 21.0. The summed E-state index contributed by atoms with van der Waals surface area (Å²) in [6, 6.07) is 8.92. The molecule has 176 valence electrons. The number of guanidine groups is 1. The molecule has 4 rings (SSSR count). The van der Waals surface area contributed by atoms with Crippen LogP contribution >= 0.6 is 24.0 Å². The van der Waals surface area contributed by atoms with Crippen LogP contribution in [0.4, 0.5) is 5.69 Å². The fourth-order valence-electron chi connectivity index (χ4n) is 4.94. The monoisotopic (exact) mass is 553 g/mol. The van der Waals surface area contributed by atoms with Crippen molar-refractivity contribution in [2.24, 2.45) is 4.99 Å². The molecular formula is C24H36IN5O2. The Morgan fingerprint density at radius 2 is 1.94 bits per heavy atom. The molecule has 7 nitrogen and oxygen atoms in total. The first-order chi connectivity index (χ1) is 15.0. The first kappa shape index (κ1) is 24.8. The summed E-state index contributed by atoms with van der Waals surface area (Å²) in [7, 11) is 3.53. The zero-order valence-electron chi connectivity index (χ0n) is 19.3. The summed E-state index contributed by atoms with van der Waals surface area (Å²) in [6.45, 7) is 2.68. The van der Waals surface area contributed by atoms with Crippen LogP contribution in [0.2, 0.25) is 0 Å². The predicted octanol–water partition coefficient (Wildman–Crippen LogP) is 3.20. The molecule has 1 saturated carbocycles. The number of carbonyl (C=O) groups excluding carboxylic acids is 2. The molecule has 8 heteroatoms. The van der Waals surface area contributed by atoms with Gasteiger partial charge in [0, 0.05) is 57.8 Å². The SMILES string of the molecule is CN(C)C(=O)CN=C(NC1CCCC1)N1CC(CCN2CCCC2=O)c2ccccc21.I. The van der Waals surface area contributed by atoms with Gasteiger partial charge in [-0.05, 0) is 37.3 Å². The Kier molecular flexibility index (Phi) is 8.79. The molecule has 1 atom stereocenters. The number of likely N-dealkylation sites (N-methyl/N-ethyl adjacent to an activating group) is 1. The quantitative estimate of drug-likeness (QED) is 0.334. The first-order valence-electron chi connectivity index (χ1n) is 11.7. The Balaban J connectivity index is 0.00000289. The molecule has 1 saturated heterocycles. The zero-order valence-corrected chi connectivity index (χ0v) is 21.6. The molecule has 2 aliphatic heterocycles. The maximum Gasteiger partial charge on any atom is 0.243 e. The highest BCUT2D eigenvalue weighted by Crippen LogP contribution is 2.38. The number of nitrogens with zero attached hydrogens (tertiary/aromatic N) is 4. The molecule has 1 aromatic rings. The van der Waals surface area contributed by atoms with Crippen LogP contribution < -0.4 is 10.2 Å². The average molecular weight is 553 g/mol. The van der Waals surface area contributed by atoms with E-state index >= 15 is 0 Å². The van der Waals surface area contributed by atoms with Crippen molar-refractivity contribution < 1.29 is 9.59 Å². The topological polar surface area (TPSA) is 68.2 Å². The van der Waals surface area contributed by atoms with Crippen LogP contribution in [-0.2, 0) is 9.59 Å². The van der Waals surface area contributed by atoms with Gasteiger partial charge in [0.1, 0.15) is 6.54 Å². The van der Waals surface area contributed by atoms with Crippen LogP contribution in [0.15, 0.2) is 29.3 Å². The number of likely N-dealkylation sites (tertiary alicyclic amines) is 1. The molecule has 0 bridgehead atoms. The van der Waals surface area contributed by atoms with E-state index in [4.69, 9.17) is 4.99 Å². The van der Waals surface area contributed by atoms with E-state index in [1.165, 1.54) is 24.1 Å². The lowest BCUT2D eigenvalue weighted by Gasteiger charge is -2.26. The zero-order chi connectivity index (χ0) is 21.8. The summed E-state index contributed by atoms with van der Waals surface area (Å²) in [6.07, 6.45) is 7.40. The van der Waals surface area contributed by atoms with Crippen molar-refractivity contribution in [3.8, 4) is 0 Å². The van der Waals surface area contributed by atoms with E-state index in [2.05, 4.69) is 34.5 Å². The van der Waals surface area contributed by atoms with Gasteiger partial charge in [-0.3, -0.25) is 9.59 Å². The minimum absolute atomic E-state index is 0. The van der Waals surface area contributed by atoms with E-state index in [9.17, 15) is 9.59 Å². The highest BCUT2D eigenvalue weighted by atomic mass is 127. The van der Waals surface area contributed by atoms with E-state index in [-0.39, 0.29) is 42.3 Å². The van der Waals surface area contributed by atoms with Crippen LogP contribution in [0.25, 0.3) is 0 Å². The number of para-hydroxylation sites is 1. The number of amides is 2. The highest BCUT2D eigenvalue weighted by molar-refractivity contribution is 14.0. The molecule has 0 spiro atoms. The summed E-state index contributed by atoms with van der Waals surface area (Å²) in [5.41, 5.74) is 2.48. The number of hydrogen-bond acceptors (Lipinski definition) is 3. The van der Waals surface area contributed by atoms with Gasteiger partial charge in [0.2, 0.25) is 11.8 Å². The standard InChI is InChI=1S/C24H35N5O2.HI/c1-27(2)23(31)16-25-24(26-19-8-3-4-9-19)29-17-18(20-10-5-6-11-21(20)29)13-15-28-14-7-12-22(28)30;/h5-6,10-11,18-19H,3-4,7-9,12-17H2,1-2H3,(H,25,26);1H. The largest absolute Gasteiger partial charge is 0.353 e. The summed E-state index contributed by atoms with van der Waals surface area (Å²) in [5.74, 6) is 1.46. The number of halogens is 1. The van der Waals surface area contributed by atoms with Crippen LogP contribution in [-0.4, -0.2) is 73.9 Å². The lowest BCUT2D eigenvalue weighted by Crippen LogP contribution is -2.45. The summed E-state index contributed by atoms with van der Waals surface area (Å²) in [4.78, 5) is 34.9. The second kappa shape index (κ2) is 11.3. The highest BCUT2D eigenvalue weighted by Gasteiger charge is 2.33. The van der Waals surface area contributed by atoms with Gasteiger partial charge in [0.15, 0.2) is 5.96 Å². The molecule has 1 N–H and O–H groups in total. The number of carbonyl (C=O) groups is 2. The Morgan fingerprint density at radius 1 is 1.19 bits per heavy atom. The van der Waals surface area contributed by atoms with Crippen LogP contribution in [0.3, 0.4) is 0 Å². The van der Waals surface area contributed by atoms with E-state index in [1.807, 2.05) is 4.90 Å². The van der Waals surface area contributed by atoms with Gasteiger partial charge in [0.05, 0.1) is 0 Å². The molecule has 1 aliphatic carbocycles. The van der Waals surface area contributed by atoms with Gasteiger partial charge in [-0.15, -0.1) is 24.0 Å². The van der Waals surface area contributed by atoms with Crippen molar-refractivity contribution >= 4 is 47.4 Å². The second-order valence-corrected chi connectivity index (χ2v) is 9.19. The number of aliphatic imine (C=N–C) groups is 1. The number of benzene rings is 1. The summed E-state index contributed by atoms with van der Waals surface area (Å²) >= 11 is 0. The third kappa shape index (κ3) is 5.74. The predicted molar refractivity (Wildman–Crippen MR) is 139 cm³/mol. The van der Waals surface area contributed by atoms with Gasteiger partial charge >= 0.3 is 0 Å². The van der Waals surface area contributed by atoms with Crippen molar-refractivity contribution in [1.82, 2.24) is 15.1 Å². The van der Waals surface area contributed by atoms with Gasteiger partial charge < -0.3 is 20.0 Å². The smallest absolute Gasteiger partial charge is 0.243 e. The number of nitrogens with one attached hydrogen (secondary N) is 1. The number of hydrogen-bond donors (Lipinski definition) is 1. The van der Waals surface area contributed by atoms with E-state index in [1.54, 1.807) is 19.0 Å². The van der Waals surface area contributed by atoms with Gasteiger partial charge in [-0.1, -0.05) is 31.0 Å². The fraction of sp³-hybridized carbons (Fsp3) is 0.625. The van der Waals surface area contributed by atoms with Gasteiger partial charge in [0.25, 0.3) is 0 Å². The minimum Gasteiger partial charge on any atom is -0.353 e. The van der Waals surface area contributed by atoms with Crippen molar-refractivity contribution in [2.45, 2.75) is 56.9 Å². The van der Waals surface area contributed by atoms with Crippen molar-refractivity contribution in [1.29, 1.82) is 0 Å². The molecule has 2 heterocycles. The molecule has 32 heavy (non-hydrogen) atoms. The Labute approximate surface area is 208 Å². The molecule has 3 aliphatic rings. The maximum absolute atomic E-state index is 12.2. The van der Waals surface area contributed by atoms with Crippen LogP contribution in [0, 0.1) is 0 Å². The van der Waals surface area contributed by atoms with Crippen molar-refractivity contribution in [3.63, 3.8) is 0 Å². The Hall–Kier alpha value is -1.84. The molecule has 0 radical (unpaired) electrons. The fourth-order valence-corrected chi connectivity index (χ4v) is 4.94. The first-order valence-corrected chi connectivity index (χ1v) is 11.7. The maximum atomic E-state index is 12.2. The van der Waals surface area contributed by atoms with Crippen molar-refractivity contribution in [3.05, 3.63) is 29.8 Å². The third-order valence-electron chi connectivity index (χ3n) is 6.80. The van der Waals surface area contributed by atoms with E-state index < -0.39 is 0 Å². The molecular weight excluding hydrogens is 517 g/mol. The lowest BCUT2D eigenvalue weighted by atomic mass is 9.98. The molecule has 1 unspecified atom stereocenters. The van der Waals surface area contributed by atoms with Crippen LogP contribution in [0.1, 0.15) is 56.4 Å². The second-order valence-electron chi connectivity index (χ2n) is 9.19. The van der Waals surface area contributed by atoms with E-state index in [0.717, 1.165) is 51.3 Å². The number of rotatable bonds is 6. The van der Waals surface area contributed by atoms with Crippen molar-refractivity contribution in [2.75, 3.05) is 45.2 Å².